The highest BCUT2D eigenvalue weighted by Gasteiger charge is 2.51. The Hall–Kier alpha value is -1.06. The molecule has 3 rings (SSSR count). The minimum atomic E-state index is -0.316. The molecule has 1 heterocycles. The van der Waals surface area contributed by atoms with Gasteiger partial charge in [-0.15, -0.1) is 0 Å². The van der Waals surface area contributed by atoms with Crippen molar-refractivity contribution in [2.45, 2.75) is 71.0 Å². The highest BCUT2D eigenvalue weighted by molar-refractivity contribution is 5.97. The standard InChI is InChI=1S/C16H26N2O2/c1-4-9(2)13-16(20)18(10(3)15(19)17-13)14(11-5-6-11)12-7-8-12/h9-14H,4-8H2,1-3H3,(H,17,19). The van der Waals surface area contributed by atoms with Crippen molar-refractivity contribution in [1.29, 1.82) is 0 Å². The number of nitrogens with zero attached hydrogens (tertiary/aromatic N) is 1. The number of carbonyl (C=O) groups is 2. The van der Waals surface area contributed by atoms with E-state index in [0.717, 1.165) is 6.42 Å². The lowest BCUT2D eigenvalue weighted by atomic mass is 9.91. The largest absolute Gasteiger partial charge is 0.342 e. The molecule has 2 amide bonds. The number of rotatable bonds is 5. The van der Waals surface area contributed by atoms with Crippen molar-refractivity contribution < 1.29 is 9.59 Å². The molecule has 1 N–H and O–H groups in total. The van der Waals surface area contributed by atoms with Crippen LogP contribution >= 0.6 is 0 Å². The number of hydrogen-bond donors (Lipinski definition) is 1. The van der Waals surface area contributed by atoms with Gasteiger partial charge in [-0.2, -0.15) is 0 Å². The van der Waals surface area contributed by atoms with Crippen LogP contribution in [0, 0.1) is 17.8 Å². The SMILES string of the molecule is CCC(C)C1NC(=O)C(C)N(C(C2CC2)C2CC2)C1=O. The van der Waals surface area contributed by atoms with Crippen LogP contribution in [-0.2, 0) is 9.59 Å². The van der Waals surface area contributed by atoms with Gasteiger partial charge in [-0.1, -0.05) is 20.3 Å². The summed E-state index contributed by atoms with van der Waals surface area (Å²) in [7, 11) is 0. The maximum atomic E-state index is 12.9. The predicted molar refractivity (Wildman–Crippen MR) is 76.9 cm³/mol. The van der Waals surface area contributed by atoms with Gasteiger partial charge in [0.15, 0.2) is 0 Å². The van der Waals surface area contributed by atoms with Crippen molar-refractivity contribution >= 4 is 11.8 Å². The molecule has 0 aromatic heterocycles. The summed E-state index contributed by atoms with van der Waals surface area (Å²) in [5, 5.41) is 2.94. The molecular weight excluding hydrogens is 252 g/mol. The zero-order valence-electron chi connectivity index (χ0n) is 12.8. The molecule has 0 aromatic carbocycles. The summed E-state index contributed by atoms with van der Waals surface area (Å²) in [4.78, 5) is 27.1. The van der Waals surface area contributed by atoms with Crippen LogP contribution in [0.5, 0.6) is 0 Å². The smallest absolute Gasteiger partial charge is 0.246 e. The first-order chi connectivity index (χ1) is 9.54. The Kier molecular flexibility index (Phi) is 3.51. The molecule has 2 saturated carbocycles. The van der Waals surface area contributed by atoms with E-state index in [1.807, 2.05) is 11.8 Å². The molecule has 3 atom stereocenters. The van der Waals surface area contributed by atoms with E-state index in [2.05, 4.69) is 19.2 Å². The molecule has 3 unspecified atom stereocenters. The molecule has 1 aliphatic heterocycles. The molecule has 0 radical (unpaired) electrons. The van der Waals surface area contributed by atoms with Gasteiger partial charge >= 0.3 is 0 Å². The second kappa shape index (κ2) is 5.05. The summed E-state index contributed by atoms with van der Waals surface area (Å²) in [5.74, 6) is 1.70. The minimum absolute atomic E-state index is 0.0289. The van der Waals surface area contributed by atoms with E-state index in [4.69, 9.17) is 0 Å². The first-order valence-corrected chi connectivity index (χ1v) is 8.17. The van der Waals surface area contributed by atoms with Gasteiger partial charge < -0.3 is 10.2 Å². The average molecular weight is 278 g/mol. The van der Waals surface area contributed by atoms with E-state index in [-0.39, 0.29) is 29.8 Å². The van der Waals surface area contributed by atoms with Crippen molar-refractivity contribution in [2.75, 3.05) is 0 Å². The van der Waals surface area contributed by atoms with Crippen LogP contribution in [-0.4, -0.2) is 34.8 Å². The van der Waals surface area contributed by atoms with Crippen molar-refractivity contribution in [3.8, 4) is 0 Å². The van der Waals surface area contributed by atoms with Crippen LogP contribution in [0.25, 0.3) is 0 Å². The van der Waals surface area contributed by atoms with E-state index >= 15 is 0 Å². The van der Waals surface area contributed by atoms with Crippen LogP contribution in [0.3, 0.4) is 0 Å². The minimum Gasteiger partial charge on any atom is -0.342 e. The maximum Gasteiger partial charge on any atom is 0.246 e. The molecule has 1 saturated heterocycles. The van der Waals surface area contributed by atoms with Gasteiger partial charge in [-0.25, -0.2) is 0 Å². The fourth-order valence-electron chi connectivity index (χ4n) is 3.55. The first-order valence-electron chi connectivity index (χ1n) is 8.17. The molecule has 0 aromatic rings. The van der Waals surface area contributed by atoms with E-state index < -0.39 is 0 Å². The average Bonchev–Trinajstić information content (AvgIpc) is 3.30. The monoisotopic (exact) mass is 278 g/mol. The third kappa shape index (κ3) is 2.33. The zero-order valence-corrected chi connectivity index (χ0v) is 12.8. The Labute approximate surface area is 121 Å². The van der Waals surface area contributed by atoms with Crippen molar-refractivity contribution in [3.63, 3.8) is 0 Å². The van der Waals surface area contributed by atoms with E-state index in [1.54, 1.807) is 0 Å². The van der Waals surface area contributed by atoms with Crippen LogP contribution in [0.2, 0.25) is 0 Å². The van der Waals surface area contributed by atoms with Crippen LogP contribution < -0.4 is 5.32 Å². The second-order valence-electron chi connectivity index (χ2n) is 6.96. The van der Waals surface area contributed by atoms with Gasteiger partial charge in [0.25, 0.3) is 0 Å². The lowest BCUT2D eigenvalue weighted by Crippen LogP contribution is -2.67. The first kappa shape index (κ1) is 13.9. The van der Waals surface area contributed by atoms with Gasteiger partial charge in [-0.3, -0.25) is 9.59 Å². The molecule has 3 aliphatic rings. The van der Waals surface area contributed by atoms with E-state index in [1.165, 1.54) is 25.7 Å². The Balaban J connectivity index is 1.85. The third-order valence-electron chi connectivity index (χ3n) is 5.36. The molecular formula is C16H26N2O2. The van der Waals surface area contributed by atoms with Crippen molar-refractivity contribution in [1.82, 2.24) is 10.2 Å². The number of hydrogen-bond acceptors (Lipinski definition) is 2. The molecule has 3 fully saturated rings. The molecule has 4 heteroatoms. The predicted octanol–water partition coefficient (Wildman–Crippen LogP) is 1.94. The lowest BCUT2D eigenvalue weighted by molar-refractivity contribution is -0.154. The molecule has 0 bridgehead atoms. The zero-order chi connectivity index (χ0) is 14.4. The molecule has 2 aliphatic carbocycles. The van der Waals surface area contributed by atoms with E-state index in [9.17, 15) is 9.59 Å². The Morgan fingerprint density at radius 3 is 2.20 bits per heavy atom. The fraction of sp³-hybridized carbons (Fsp3) is 0.875. The number of carbonyl (C=O) groups excluding carboxylic acids is 2. The number of piperazine rings is 1. The summed E-state index contributed by atoms with van der Waals surface area (Å²) in [6, 6.07) is -0.284. The van der Waals surface area contributed by atoms with Gasteiger partial charge in [-0.05, 0) is 50.4 Å². The van der Waals surface area contributed by atoms with Crippen LogP contribution in [0.4, 0.5) is 0 Å². The van der Waals surface area contributed by atoms with Gasteiger partial charge in [0.1, 0.15) is 12.1 Å². The van der Waals surface area contributed by atoms with E-state index in [0.29, 0.717) is 17.9 Å². The molecule has 4 nitrogen and oxygen atoms in total. The van der Waals surface area contributed by atoms with Crippen molar-refractivity contribution in [3.05, 3.63) is 0 Å². The summed E-state index contributed by atoms with van der Waals surface area (Å²) in [6.07, 6.45) is 5.83. The molecule has 112 valence electrons. The summed E-state index contributed by atoms with van der Waals surface area (Å²) in [5.41, 5.74) is 0. The summed E-state index contributed by atoms with van der Waals surface area (Å²) < 4.78 is 0. The highest BCUT2D eigenvalue weighted by Crippen LogP contribution is 2.48. The Bertz CT molecular complexity index is 403. The lowest BCUT2D eigenvalue weighted by Gasteiger charge is -2.44. The maximum absolute atomic E-state index is 12.9. The number of amides is 2. The summed E-state index contributed by atoms with van der Waals surface area (Å²) >= 11 is 0. The molecule has 0 spiro atoms. The van der Waals surface area contributed by atoms with Crippen LogP contribution in [0.15, 0.2) is 0 Å². The number of nitrogens with one attached hydrogen (secondary N) is 1. The Morgan fingerprint density at radius 1 is 1.20 bits per heavy atom. The summed E-state index contributed by atoms with van der Waals surface area (Å²) in [6.45, 7) is 6.02. The van der Waals surface area contributed by atoms with Crippen molar-refractivity contribution in [2.24, 2.45) is 17.8 Å². The van der Waals surface area contributed by atoms with Gasteiger partial charge in [0, 0.05) is 6.04 Å². The Morgan fingerprint density at radius 2 is 1.75 bits per heavy atom. The fourth-order valence-corrected chi connectivity index (χ4v) is 3.55. The molecule has 20 heavy (non-hydrogen) atoms. The van der Waals surface area contributed by atoms with Gasteiger partial charge in [0.2, 0.25) is 11.8 Å². The highest BCUT2D eigenvalue weighted by atomic mass is 16.2. The normalized spacial score (nSPS) is 32.5. The second-order valence-corrected chi connectivity index (χ2v) is 6.96. The quantitative estimate of drug-likeness (QED) is 0.835. The topological polar surface area (TPSA) is 49.4 Å². The third-order valence-corrected chi connectivity index (χ3v) is 5.36. The van der Waals surface area contributed by atoms with Crippen LogP contribution in [0.1, 0.15) is 52.9 Å². The van der Waals surface area contributed by atoms with Gasteiger partial charge in [0.05, 0.1) is 0 Å².